The molecule has 0 saturated carbocycles. The second-order valence-electron chi connectivity index (χ2n) is 4.95. The molecule has 0 unspecified atom stereocenters. The van der Waals surface area contributed by atoms with Gasteiger partial charge >= 0.3 is 0 Å². The van der Waals surface area contributed by atoms with E-state index in [1.165, 1.54) is 0 Å². The molecule has 0 saturated heterocycles. The zero-order valence-corrected chi connectivity index (χ0v) is 12.9. The molecule has 2 N–H and O–H groups in total. The molecular formula is C17H20ClFN2. The molecule has 21 heavy (non-hydrogen) atoms. The molecule has 0 bridgehead atoms. The second-order valence-corrected chi connectivity index (χ2v) is 5.39. The number of unbranched alkanes of at least 4 members (excludes halogenated alkanes) is 1. The van der Waals surface area contributed by atoms with Crippen molar-refractivity contribution in [1.82, 2.24) is 0 Å². The maximum absolute atomic E-state index is 13.9. The summed E-state index contributed by atoms with van der Waals surface area (Å²) in [4.78, 5) is 0. The summed E-state index contributed by atoms with van der Waals surface area (Å²) in [6, 6.07) is 12.7. The van der Waals surface area contributed by atoms with Gasteiger partial charge in [-0.25, -0.2) is 4.39 Å². The summed E-state index contributed by atoms with van der Waals surface area (Å²) in [5.74, 6) is -0.207. The minimum Gasteiger partial charge on any atom is -0.383 e. The summed E-state index contributed by atoms with van der Waals surface area (Å²) in [5, 5.41) is 7.06. The number of anilines is 2. The molecule has 0 aromatic heterocycles. The highest BCUT2D eigenvalue weighted by molar-refractivity contribution is 6.30. The summed E-state index contributed by atoms with van der Waals surface area (Å²) < 4.78 is 13.9. The average molecular weight is 307 g/mol. The van der Waals surface area contributed by atoms with Crippen LogP contribution in [0.15, 0.2) is 42.5 Å². The number of hydrogen-bond acceptors (Lipinski definition) is 2. The van der Waals surface area contributed by atoms with E-state index in [1.54, 1.807) is 12.1 Å². The van der Waals surface area contributed by atoms with Crippen molar-refractivity contribution < 1.29 is 4.39 Å². The Morgan fingerprint density at radius 1 is 1.05 bits per heavy atom. The molecule has 2 rings (SSSR count). The van der Waals surface area contributed by atoms with E-state index < -0.39 is 0 Å². The summed E-state index contributed by atoms with van der Waals surface area (Å²) in [6.07, 6.45) is 2.14. The normalized spacial score (nSPS) is 10.4. The van der Waals surface area contributed by atoms with Crippen LogP contribution < -0.4 is 10.6 Å². The maximum atomic E-state index is 13.9. The predicted molar refractivity (Wildman–Crippen MR) is 88.6 cm³/mol. The number of benzene rings is 2. The number of rotatable bonds is 7. The van der Waals surface area contributed by atoms with E-state index in [-0.39, 0.29) is 5.82 Å². The molecule has 112 valence electrons. The van der Waals surface area contributed by atoms with Crippen LogP contribution in [0.5, 0.6) is 0 Å². The average Bonchev–Trinajstić information content (AvgIpc) is 2.49. The van der Waals surface area contributed by atoms with Gasteiger partial charge in [-0.3, -0.25) is 0 Å². The Morgan fingerprint density at radius 3 is 2.48 bits per heavy atom. The first-order chi connectivity index (χ1) is 10.2. The predicted octanol–water partition coefficient (Wildman–Crippen LogP) is 5.30. The van der Waals surface area contributed by atoms with Crippen LogP contribution in [0.1, 0.15) is 25.3 Å². The fraction of sp³-hybridized carbons (Fsp3) is 0.294. The minimum atomic E-state index is -0.207. The zero-order valence-electron chi connectivity index (χ0n) is 12.1. The number of hydrogen-bond donors (Lipinski definition) is 2. The van der Waals surface area contributed by atoms with Crippen molar-refractivity contribution in [1.29, 1.82) is 0 Å². The lowest BCUT2D eigenvalue weighted by Gasteiger charge is -2.10. The topological polar surface area (TPSA) is 24.1 Å². The third-order valence-corrected chi connectivity index (χ3v) is 3.47. The Balaban J connectivity index is 1.92. The van der Waals surface area contributed by atoms with Crippen LogP contribution in [0, 0.1) is 5.82 Å². The first kappa shape index (κ1) is 15.6. The molecule has 0 atom stereocenters. The molecule has 0 fully saturated rings. The quantitative estimate of drug-likeness (QED) is 0.678. The van der Waals surface area contributed by atoms with Gasteiger partial charge in [0, 0.05) is 23.8 Å². The van der Waals surface area contributed by atoms with Crippen molar-refractivity contribution in [2.45, 2.75) is 26.3 Å². The van der Waals surface area contributed by atoms with E-state index in [4.69, 9.17) is 11.6 Å². The highest BCUT2D eigenvalue weighted by Crippen LogP contribution is 2.18. The van der Waals surface area contributed by atoms with Gasteiger partial charge in [0.15, 0.2) is 0 Å². The van der Waals surface area contributed by atoms with E-state index in [1.807, 2.05) is 30.3 Å². The van der Waals surface area contributed by atoms with Crippen LogP contribution in [0.4, 0.5) is 15.8 Å². The van der Waals surface area contributed by atoms with Gasteiger partial charge in [0.1, 0.15) is 5.82 Å². The molecule has 0 aliphatic heterocycles. The molecule has 2 nitrogen and oxygen atoms in total. The Labute approximate surface area is 130 Å². The summed E-state index contributed by atoms with van der Waals surface area (Å²) in [7, 11) is 0. The lowest BCUT2D eigenvalue weighted by molar-refractivity contribution is 0.627. The minimum absolute atomic E-state index is 0.207. The van der Waals surface area contributed by atoms with Crippen LogP contribution in [-0.4, -0.2) is 6.54 Å². The van der Waals surface area contributed by atoms with E-state index >= 15 is 0 Å². The zero-order chi connectivity index (χ0) is 15.1. The van der Waals surface area contributed by atoms with Crippen LogP contribution >= 0.6 is 11.6 Å². The van der Waals surface area contributed by atoms with Gasteiger partial charge < -0.3 is 10.6 Å². The summed E-state index contributed by atoms with van der Waals surface area (Å²) in [5.41, 5.74) is 2.44. The SMILES string of the molecule is CCCCNc1ccc(CNc2ccc(Cl)cc2)cc1F. The van der Waals surface area contributed by atoms with E-state index in [9.17, 15) is 4.39 Å². The molecule has 0 heterocycles. The van der Waals surface area contributed by atoms with Crippen LogP contribution in [0.2, 0.25) is 5.02 Å². The summed E-state index contributed by atoms with van der Waals surface area (Å²) >= 11 is 5.83. The monoisotopic (exact) mass is 306 g/mol. The molecule has 2 aromatic carbocycles. The molecule has 0 aliphatic rings. The van der Waals surface area contributed by atoms with E-state index in [0.29, 0.717) is 17.3 Å². The first-order valence-electron chi connectivity index (χ1n) is 7.21. The first-order valence-corrected chi connectivity index (χ1v) is 7.58. The molecule has 0 aliphatic carbocycles. The van der Waals surface area contributed by atoms with Crippen molar-refractivity contribution in [3.63, 3.8) is 0 Å². The van der Waals surface area contributed by atoms with Gasteiger partial charge in [0.25, 0.3) is 0 Å². The van der Waals surface area contributed by atoms with Crippen LogP contribution in [0.3, 0.4) is 0 Å². The lowest BCUT2D eigenvalue weighted by Crippen LogP contribution is -2.04. The van der Waals surface area contributed by atoms with Crippen LogP contribution in [-0.2, 0) is 6.54 Å². The molecule has 0 amide bonds. The Kier molecular flexibility index (Phi) is 5.88. The molecule has 2 aromatic rings. The fourth-order valence-electron chi connectivity index (χ4n) is 1.98. The molecule has 0 radical (unpaired) electrons. The van der Waals surface area contributed by atoms with Crippen molar-refractivity contribution in [3.05, 3.63) is 58.9 Å². The van der Waals surface area contributed by atoms with Gasteiger partial charge in [-0.2, -0.15) is 0 Å². The van der Waals surface area contributed by atoms with Crippen molar-refractivity contribution in [3.8, 4) is 0 Å². The Hall–Kier alpha value is -1.74. The van der Waals surface area contributed by atoms with Gasteiger partial charge in [0.05, 0.1) is 5.69 Å². The van der Waals surface area contributed by atoms with Crippen molar-refractivity contribution in [2.75, 3.05) is 17.2 Å². The van der Waals surface area contributed by atoms with Gasteiger partial charge in [-0.05, 0) is 48.4 Å². The van der Waals surface area contributed by atoms with Gasteiger partial charge in [0.2, 0.25) is 0 Å². The Bertz CT molecular complexity index is 570. The smallest absolute Gasteiger partial charge is 0.146 e. The van der Waals surface area contributed by atoms with Gasteiger partial charge in [-0.1, -0.05) is 31.0 Å². The fourth-order valence-corrected chi connectivity index (χ4v) is 2.11. The highest BCUT2D eigenvalue weighted by atomic mass is 35.5. The third-order valence-electron chi connectivity index (χ3n) is 3.22. The third kappa shape index (κ3) is 4.94. The lowest BCUT2D eigenvalue weighted by atomic mass is 10.2. The van der Waals surface area contributed by atoms with Crippen LogP contribution in [0.25, 0.3) is 0 Å². The largest absolute Gasteiger partial charge is 0.383 e. The molecule has 4 heteroatoms. The van der Waals surface area contributed by atoms with Gasteiger partial charge in [-0.15, -0.1) is 0 Å². The van der Waals surface area contributed by atoms with E-state index in [2.05, 4.69) is 17.6 Å². The molecular weight excluding hydrogens is 287 g/mol. The van der Waals surface area contributed by atoms with Crippen molar-refractivity contribution >= 4 is 23.0 Å². The number of nitrogens with one attached hydrogen (secondary N) is 2. The van der Waals surface area contributed by atoms with E-state index in [0.717, 1.165) is 30.6 Å². The highest BCUT2D eigenvalue weighted by Gasteiger charge is 2.03. The molecule has 0 spiro atoms. The number of halogens is 2. The second kappa shape index (κ2) is 7.89. The standard InChI is InChI=1S/C17H20ClFN2/c1-2-3-10-20-17-9-4-13(11-16(17)19)12-21-15-7-5-14(18)6-8-15/h4-9,11,20-21H,2-3,10,12H2,1H3. The summed E-state index contributed by atoms with van der Waals surface area (Å²) in [6.45, 7) is 3.49. The van der Waals surface area contributed by atoms with Crippen molar-refractivity contribution in [2.24, 2.45) is 0 Å². The maximum Gasteiger partial charge on any atom is 0.146 e. The Morgan fingerprint density at radius 2 is 1.81 bits per heavy atom.